The highest BCUT2D eigenvalue weighted by atomic mass is 15.1. The van der Waals surface area contributed by atoms with E-state index in [1.165, 1.54) is 5.56 Å². The van der Waals surface area contributed by atoms with Crippen molar-refractivity contribution in [3.8, 4) is 0 Å². The van der Waals surface area contributed by atoms with Crippen molar-refractivity contribution in [3.63, 3.8) is 0 Å². The number of nitrogens with zero attached hydrogens (tertiary/aromatic N) is 2. The minimum Gasteiger partial charge on any atom is -0.399 e. The third kappa shape index (κ3) is 2.38. The maximum Gasteiger partial charge on any atom is 0.0931 e. The Kier molecular flexibility index (Phi) is 2.83. The van der Waals surface area contributed by atoms with Gasteiger partial charge >= 0.3 is 0 Å². The van der Waals surface area contributed by atoms with Gasteiger partial charge in [-0.3, -0.25) is 0 Å². The molecule has 0 amide bonds. The number of imidazole rings is 1. The van der Waals surface area contributed by atoms with Gasteiger partial charge in [0.05, 0.1) is 17.4 Å². The van der Waals surface area contributed by atoms with E-state index < -0.39 is 0 Å². The molecule has 1 aromatic heterocycles. The molecule has 96 valence electrons. The minimum absolute atomic E-state index is 0.801. The zero-order valence-corrected chi connectivity index (χ0v) is 10.8. The number of aromatic nitrogens is 2. The molecular formula is C15H16N4. The van der Waals surface area contributed by atoms with Gasteiger partial charge in [0.15, 0.2) is 0 Å². The summed E-state index contributed by atoms with van der Waals surface area (Å²) in [6.45, 7) is 0.824. The predicted molar refractivity (Wildman–Crippen MR) is 79.1 cm³/mol. The second-order valence-corrected chi connectivity index (χ2v) is 4.71. The first-order valence-electron chi connectivity index (χ1n) is 6.21. The standard InChI is InChI=1S/C15H16N4/c1-19(9-11-3-2-4-12(16)7-11)13-5-6-14-15(8-13)18-10-17-14/h2-8,10H,9,16H2,1H3,(H,17,18). The predicted octanol–water partition coefficient (Wildman–Crippen LogP) is 2.78. The summed E-state index contributed by atoms with van der Waals surface area (Å²) in [6.07, 6.45) is 1.71. The van der Waals surface area contributed by atoms with Crippen LogP contribution in [0.15, 0.2) is 48.8 Å². The number of H-pyrrole nitrogens is 1. The molecule has 3 N–H and O–H groups in total. The Labute approximate surface area is 111 Å². The van der Waals surface area contributed by atoms with Gasteiger partial charge in [-0.2, -0.15) is 0 Å². The highest BCUT2D eigenvalue weighted by molar-refractivity contribution is 5.78. The van der Waals surface area contributed by atoms with Crippen LogP contribution in [0.3, 0.4) is 0 Å². The molecule has 19 heavy (non-hydrogen) atoms. The van der Waals surface area contributed by atoms with E-state index in [4.69, 9.17) is 5.73 Å². The van der Waals surface area contributed by atoms with Crippen LogP contribution < -0.4 is 10.6 Å². The summed E-state index contributed by atoms with van der Waals surface area (Å²) in [4.78, 5) is 9.54. The van der Waals surface area contributed by atoms with Crippen LogP contribution in [0.1, 0.15) is 5.56 Å². The molecule has 0 saturated heterocycles. The second kappa shape index (κ2) is 4.65. The first-order chi connectivity index (χ1) is 9.22. The van der Waals surface area contributed by atoms with Crippen LogP contribution in [0.25, 0.3) is 11.0 Å². The first-order valence-corrected chi connectivity index (χ1v) is 6.21. The third-order valence-corrected chi connectivity index (χ3v) is 3.22. The molecule has 0 fully saturated rings. The molecular weight excluding hydrogens is 236 g/mol. The summed E-state index contributed by atoms with van der Waals surface area (Å²) in [6, 6.07) is 14.2. The smallest absolute Gasteiger partial charge is 0.0931 e. The fourth-order valence-corrected chi connectivity index (χ4v) is 2.22. The van der Waals surface area contributed by atoms with Gasteiger partial charge in [0.1, 0.15) is 0 Å². The number of hydrogen-bond acceptors (Lipinski definition) is 3. The number of nitrogens with one attached hydrogen (secondary N) is 1. The summed E-state index contributed by atoms with van der Waals surface area (Å²) < 4.78 is 0. The van der Waals surface area contributed by atoms with E-state index in [0.717, 1.165) is 29.0 Å². The fourth-order valence-electron chi connectivity index (χ4n) is 2.22. The Morgan fingerprint density at radius 3 is 2.95 bits per heavy atom. The lowest BCUT2D eigenvalue weighted by Crippen LogP contribution is -2.16. The molecule has 0 spiro atoms. The monoisotopic (exact) mass is 252 g/mol. The van der Waals surface area contributed by atoms with Gasteiger partial charge in [-0.25, -0.2) is 4.98 Å². The van der Waals surface area contributed by atoms with Gasteiger partial charge < -0.3 is 15.6 Å². The van der Waals surface area contributed by atoms with Gasteiger partial charge in [-0.1, -0.05) is 12.1 Å². The third-order valence-electron chi connectivity index (χ3n) is 3.22. The molecule has 0 radical (unpaired) electrons. The number of rotatable bonds is 3. The van der Waals surface area contributed by atoms with E-state index in [9.17, 15) is 0 Å². The number of nitrogen functional groups attached to an aromatic ring is 1. The Balaban J connectivity index is 1.84. The molecule has 3 rings (SSSR count). The van der Waals surface area contributed by atoms with Gasteiger partial charge in [-0.05, 0) is 35.9 Å². The van der Waals surface area contributed by atoms with Crippen LogP contribution in [0.4, 0.5) is 11.4 Å². The zero-order valence-electron chi connectivity index (χ0n) is 10.8. The van der Waals surface area contributed by atoms with Crippen LogP contribution in [-0.2, 0) is 6.54 Å². The molecule has 4 nitrogen and oxygen atoms in total. The topological polar surface area (TPSA) is 57.9 Å². The van der Waals surface area contributed by atoms with Crippen molar-refractivity contribution in [1.29, 1.82) is 0 Å². The van der Waals surface area contributed by atoms with Gasteiger partial charge in [0, 0.05) is 25.0 Å². The number of hydrogen-bond donors (Lipinski definition) is 2. The van der Waals surface area contributed by atoms with Gasteiger partial charge in [0.25, 0.3) is 0 Å². The van der Waals surface area contributed by atoms with Crippen molar-refractivity contribution in [1.82, 2.24) is 9.97 Å². The van der Waals surface area contributed by atoms with E-state index in [0.29, 0.717) is 0 Å². The lowest BCUT2D eigenvalue weighted by molar-refractivity contribution is 0.924. The molecule has 2 aromatic carbocycles. The Morgan fingerprint density at radius 2 is 2.11 bits per heavy atom. The van der Waals surface area contributed by atoms with E-state index in [-0.39, 0.29) is 0 Å². The van der Waals surface area contributed by atoms with Crippen molar-refractivity contribution in [2.24, 2.45) is 0 Å². The van der Waals surface area contributed by atoms with Crippen molar-refractivity contribution in [2.75, 3.05) is 17.7 Å². The minimum atomic E-state index is 0.801. The van der Waals surface area contributed by atoms with E-state index >= 15 is 0 Å². The Morgan fingerprint density at radius 1 is 1.21 bits per heavy atom. The summed E-state index contributed by atoms with van der Waals surface area (Å²) in [5.41, 5.74) is 11.0. The van der Waals surface area contributed by atoms with Crippen LogP contribution >= 0.6 is 0 Å². The number of aromatic amines is 1. The average molecular weight is 252 g/mol. The number of nitrogens with two attached hydrogens (primary N) is 1. The quantitative estimate of drug-likeness (QED) is 0.705. The molecule has 4 heteroatoms. The van der Waals surface area contributed by atoms with E-state index in [2.05, 4.69) is 40.1 Å². The molecule has 0 unspecified atom stereocenters. The fraction of sp³-hybridized carbons (Fsp3) is 0.133. The maximum atomic E-state index is 5.80. The summed E-state index contributed by atoms with van der Waals surface area (Å²) in [7, 11) is 2.07. The molecule has 3 aromatic rings. The SMILES string of the molecule is CN(Cc1cccc(N)c1)c1ccc2nc[nH]c2c1. The first kappa shape index (κ1) is 11.6. The molecule has 0 saturated carbocycles. The largest absolute Gasteiger partial charge is 0.399 e. The summed E-state index contributed by atoms with van der Waals surface area (Å²) in [5, 5.41) is 0. The molecule has 0 bridgehead atoms. The normalized spacial score (nSPS) is 10.8. The zero-order chi connectivity index (χ0) is 13.2. The average Bonchev–Trinajstić information content (AvgIpc) is 2.85. The Hall–Kier alpha value is -2.49. The van der Waals surface area contributed by atoms with E-state index in [1.54, 1.807) is 6.33 Å². The van der Waals surface area contributed by atoms with Gasteiger partial charge in [0.2, 0.25) is 0 Å². The number of anilines is 2. The van der Waals surface area contributed by atoms with E-state index in [1.807, 2.05) is 24.3 Å². The lowest BCUT2D eigenvalue weighted by atomic mass is 10.2. The summed E-state index contributed by atoms with van der Waals surface area (Å²) >= 11 is 0. The van der Waals surface area contributed by atoms with Crippen molar-refractivity contribution < 1.29 is 0 Å². The molecule has 0 aliphatic heterocycles. The van der Waals surface area contributed by atoms with Crippen LogP contribution in [-0.4, -0.2) is 17.0 Å². The summed E-state index contributed by atoms with van der Waals surface area (Å²) in [5.74, 6) is 0. The highest BCUT2D eigenvalue weighted by Gasteiger charge is 2.04. The maximum absolute atomic E-state index is 5.80. The van der Waals surface area contributed by atoms with Crippen molar-refractivity contribution >= 4 is 22.4 Å². The van der Waals surface area contributed by atoms with Crippen molar-refractivity contribution in [2.45, 2.75) is 6.54 Å². The molecule has 0 aliphatic carbocycles. The number of fused-ring (bicyclic) bond motifs is 1. The van der Waals surface area contributed by atoms with Crippen molar-refractivity contribution in [3.05, 3.63) is 54.4 Å². The lowest BCUT2D eigenvalue weighted by Gasteiger charge is -2.19. The molecule has 0 atom stereocenters. The Bertz CT molecular complexity index is 702. The highest BCUT2D eigenvalue weighted by Crippen LogP contribution is 2.20. The van der Waals surface area contributed by atoms with Gasteiger partial charge in [-0.15, -0.1) is 0 Å². The molecule has 1 heterocycles. The van der Waals surface area contributed by atoms with Crippen LogP contribution in [0, 0.1) is 0 Å². The number of benzene rings is 2. The van der Waals surface area contributed by atoms with Crippen LogP contribution in [0.2, 0.25) is 0 Å². The molecule has 0 aliphatic rings. The second-order valence-electron chi connectivity index (χ2n) is 4.71. The van der Waals surface area contributed by atoms with Crippen LogP contribution in [0.5, 0.6) is 0 Å².